The van der Waals surface area contributed by atoms with Crippen LogP contribution in [0.4, 0.5) is 9.93 Å². The third-order valence-electron chi connectivity index (χ3n) is 4.23. The van der Waals surface area contributed by atoms with Crippen molar-refractivity contribution in [3.05, 3.63) is 18.2 Å². The van der Waals surface area contributed by atoms with Crippen LogP contribution in [0.1, 0.15) is 27.2 Å². The molecule has 11 heteroatoms. The van der Waals surface area contributed by atoms with Crippen molar-refractivity contribution in [2.75, 3.05) is 38.9 Å². The van der Waals surface area contributed by atoms with Crippen LogP contribution in [0.3, 0.4) is 0 Å². The van der Waals surface area contributed by atoms with Crippen LogP contribution >= 0.6 is 11.3 Å². The van der Waals surface area contributed by atoms with Crippen LogP contribution in [0.5, 0.6) is 11.5 Å². The minimum Gasteiger partial charge on any atom is -0.454 e. The number of nitrogens with zero attached hydrogens (tertiary/aromatic N) is 3. The summed E-state index contributed by atoms with van der Waals surface area (Å²) < 4.78 is 15.8. The molecule has 0 saturated carbocycles. The summed E-state index contributed by atoms with van der Waals surface area (Å²) in [5.41, 5.74) is 0.453. The van der Waals surface area contributed by atoms with Gasteiger partial charge in [0.15, 0.2) is 11.5 Å². The number of rotatable bonds is 8. The number of fused-ring (bicyclic) bond motifs is 1. The quantitative estimate of drug-likeness (QED) is 0.637. The topological polar surface area (TPSA) is 115 Å². The average molecular weight is 450 g/mol. The van der Waals surface area contributed by atoms with E-state index in [1.54, 1.807) is 12.0 Å². The minimum atomic E-state index is -0.373. The Hall–Kier alpha value is -2.92. The molecule has 3 amide bonds. The van der Waals surface area contributed by atoms with Crippen molar-refractivity contribution < 1.29 is 23.8 Å². The molecule has 0 fully saturated rings. The highest BCUT2D eigenvalue weighted by Crippen LogP contribution is 2.37. The molecular formula is C20H27N5O5S. The predicted molar refractivity (Wildman–Crippen MR) is 116 cm³/mol. The van der Waals surface area contributed by atoms with Crippen LogP contribution in [0.15, 0.2) is 18.2 Å². The molecule has 0 bridgehead atoms. The van der Waals surface area contributed by atoms with Gasteiger partial charge in [-0.2, -0.15) is 0 Å². The fourth-order valence-corrected chi connectivity index (χ4v) is 3.51. The molecule has 3 rings (SSSR count). The number of nitrogens with one attached hydrogen (secondary N) is 2. The monoisotopic (exact) mass is 449 g/mol. The zero-order chi connectivity index (χ0) is 22.4. The molecule has 0 aliphatic carbocycles. The summed E-state index contributed by atoms with van der Waals surface area (Å²) in [6, 6.07) is 5.27. The van der Waals surface area contributed by atoms with Gasteiger partial charge in [-0.1, -0.05) is 11.3 Å². The van der Waals surface area contributed by atoms with E-state index in [9.17, 15) is 9.59 Å². The predicted octanol–water partition coefficient (Wildman–Crippen LogP) is 2.72. The van der Waals surface area contributed by atoms with E-state index in [4.69, 9.17) is 14.2 Å². The smallest absolute Gasteiger partial charge is 0.317 e. The molecule has 1 aromatic heterocycles. The average Bonchev–Trinajstić information content (AvgIpc) is 3.35. The Bertz CT molecular complexity index is 927. The van der Waals surface area contributed by atoms with Crippen LogP contribution in [0, 0.1) is 0 Å². The summed E-state index contributed by atoms with van der Waals surface area (Å²) in [5.74, 6) is 1.10. The van der Waals surface area contributed by atoms with Gasteiger partial charge in [0.25, 0.3) is 0 Å². The molecule has 10 nitrogen and oxygen atoms in total. The molecular weight excluding hydrogens is 422 g/mol. The number of amides is 3. The van der Waals surface area contributed by atoms with Crippen LogP contribution < -0.4 is 20.1 Å². The lowest BCUT2D eigenvalue weighted by Gasteiger charge is -2.28. The molecule has 168 valence electrons. The molecule has 1 aliphatic heterocycles. The number of hydrogen-bond donors (Lipinski definition) is 2. The zero-order valence-electron chi connectivity index (χ0n) is 18.1. The first-order valence-corrected chi connectivity index (χ1v) is 10.7. The minimum absolute atomic E-state index is 0.125. The lowest BCUT2D eigenvalue weighted by molar-refractivity contribution is -0.116. The van der Waals surface area contributed by atoms with E-state index in [1.807, 2.05) is 39.0 Å². The van der Waals surface area contributed by atoms with E-state index in [1.165, 1.54) is 11.3 Å². The fraction of sp³-hybridized carbons (Fsp3) is 0.500. The maximum atomic E-state index is 12.5. The van der Waals surface area contributed by atoms with Crippen molar-refractivity contribution in [3.8, 4) is 22.1 Å². The summed E-state index contributed by atoms with van der Waals surface area (Å²) in [5, 5.41) is 14.9. The highest BCUT2D eigenvalue weighted by Gasteiger charge is 2.21. The Morgan fingerprint density at radius 2 is 1.97 bits per heavy atom. The van der Waals surface area contributed by atoms with Gasteiger partial charge >= 0.3 is 6.03 Å². The number of benzene rings is 1. The van der Waals surface area contributed by atoms with Gasteiger partial charge < -0.3 is 29.7 Å². The van der Waals surface area contributed by atoms with Gasteiger partial charge in [0, 0.05) is 37.7 Å². The third kappa shape index (κ3) is 6.53. The lowest BCUT2D eigenvalue weighted by atomic mass is 10.1. The van der Waals surface area contributed by atoms with E-state index in [0.717, 1.165) is 5.56 Å². The number of carbonyl (C=O) groups is 2. The molecule has 0 radical (unpaired) electrons. The fourth-order valence-electron chi connectivity index (χ4n) is 2.75. The van der Waals surface area contributed by atoms with E-state index in [2.05, 4.69) is 20.8 Å². The molecule has 2 aromatic rings. The summed E-state index contributed by atoms with van der Waals surface area (Å²) in [6.45, 7) is 6.93. The number of anilines is 1. The Morgan fingerprint density at radius 1 is 1.19 bits per heavy atom. The van der Waals surface area contributed by atoms with Crippen LogP contribution in [0.25, 0.3) is 10.6 Å². The van der Waals surface area contributed by atoms with Gasteiger partial charge in [0.05, 0.1) is 6.61 Å². The summed E-state index contributed by atoms with van der Waals surface area (Å²) >= 11 is 1.26. The van der Waals surface area contributed by atoms with Crippen molar-refractivity contribution in [1.29, 1.82) is 0 Å². The van der Waals surface area contributed by atoms with Gasteiger partial charge in [-0.05, 0) is 39.0 Å². The van der Waals surface area contributed by atoms with Crippen molar-refractivity contribution in [3.63, 3.8) is 0 Å². The summed E-state index contributed by atoms with van der Waals surface area (Å²) in [6.07, 6.45) is 0.125. The van der Waals surface area contributed by atoms with Crippen LogP contribution in [-0.4, -0.2) is 66.2 Å². The maximum Gasteiger partial charge on any atom is 0.317 e. The number of urea groups is 1. The van der Waals surface area contributed by atoms with Crippen molar-refractivity contribution >= 4 is 28.4 Å². The Balaban J connectivity index is 1.55. The van der Waals surface area contributed by atoms with Crippen LogP contribution in [0.2, 0.25) is 0 Å². The molecule has 0 saturated heterocycles. The highest BCUT2D eigenvalue weighted by molar-refractivity contribution is 7.18. The second-order valence-corrected chi connectivity index (χ2v) is 8.92. The van der Waals surface area contributed by atoms with E-state index in [-0.39, 0.29) is 37.2 Å². The Labute approximate surface area is 184 Å². The second-order valence-electron chi connectivity index (χ2n) is 7.94. The van der Waals surface area contributed by atoms with Crippen molar-refractivity contribution in [1.82, 2.24) is 20.4 Å². The zero-order valence-corrected chi connectivity index (χ0v) is 18.9. The largest absolute Gasteiger partial charge is 0.454 e. The Morgan fingerprint density at radius 3 is 2.71 bits per heavy atom. The molecule has 1 aliphatic rings. The summed E-state index contributed by atoms with van der Waals surface area (Å²) in [7, 11) is 1.57. The molecule has 2 N–H and O–H groups in total. The van der Waals surface area contributed by atoms with E-state index < -0.39 is 0 Å². The van der Waals surface area contributed by atoms with Crippen molar-refractivity contribution in [2.24, 2.45) is 0 Å². The number of methoxy groups -OCH3 is 1. The molecule has 0 spiro atoms. The number of ether oxygens (including phenoxy) is 3. The van der Waals surface area contributed by atoms with Crippen molar-refractivity contribution in [2.45, 2.75) is 32.7 Å². The van der Waals surface area contributed by atoms with Crippen LogP contribution in [-0.2, 0) is 9.53 Å². The van der Waals surface area contributed by atoms with Gasteiger partial charge in [-0.25, -0.2) is 4.79 Å². The second kappa shape index (κ2) is 9.92. The molecule has 31 heavy (non-hydrogen) atoms. The van der Waals surface area contributed by atoms with Gasteiger partial charge in [0.2, 0.25) is 17.8 Å². The molecule has 2 heterocycles. The highest BCUT2D eigenvalue weighted by atomic mass is 32.1. The first-order valence-electron chi connectivity index (χ1n) is 9.84. The third-order valence-corrected chi connectivity index (χ3v) is 5.12. The number of carbonyl (C=O) groups excluding carboxylic acids is 2. The SMILES string of the molecule is COCCN(CCC(=O)Nc1nnc(-c2ccc3c(c2)OCO3)s1)C(=O)NC(C)(C)C. The summed E-state index contributed by atoms with van der Waals surface area (Å²) in [4.78, 5) is 26.4. The first-order chi connectivity index (χ1) is 14.7. The normalized spacial score (nSPS) is 12.5. The number of hydrogen-bond acceptors (Lipinski definition) is 8. The van der Waals surface area contributed by atoms with E-state index >= 15 is 0 Å². The molecule has 0 unspecified atom stereocenters. The Kier molecular flexibility index (Phi) is 7.29. The molecule has 0 atom stereocenters. The maximum absolute atomic E-state index is 12.5. The molecule has 1 aromatic carbocycles. The van der Waals surface area contributed by atoms with Gasteiger partial charge in [-0.3, -0.25) is 4.79 Å². The lowest BCUT2D eigenvalue weighted by Crippen LogP contribution is -2.50. The standard InChI is InChI=1S/C20H27N5O5S/c1-20(2,3)22-19(27)25(9-10-28-4)8-7-16(26)21-18-24-23-17(31-18)13-5-6-14-15(11-13)30-12-29-14/h5-6,11H,7-10,12H2,1-4H3,(H,22,27)(H,21,24,26). The van der Waals surface area contributed by atoms with E-state index in [0.29, 0.717) is 34.8 Å². The number of aromatic nitrogens is 2. The van der Waals surface area contributed by atoms with Gasteiger partial charge in [-0.15, -0.1) is 10.2 Å². The van der Waals surface area contributed by atoms with Gasteiger partial charge in [0.1, 0.15) is 5.01 Å². The first kappa shape index (κ1) is 22.8.